The number of carbonyl (C=O) groups is 1. The molecule has 0 saturated carbocycles. The summed E-state index contributed by atoms with van der Waals surface area (Å²) in [4.78, 5) is 22.9. The van der Waals surface area contributed by atoms with Crippen molar-refractivity contribution >= 4 is 21.7 Å². The van der Waals surface area contributed by atoms with Gasteiger partial charge in [0, 0.05) is 11.6 Å². The van der Waals surface area contributed by atoms with Gasteiger partial charge >= 0.3 is 5.97 Å². The van der Waals surface area contributed by atoms with Gasteiger partial charge in [-0.3, -0.25) is 14.9 Å². The third kappa shape index (κ3) is 8.77. The highest BCUT2D eigenvalue weighted by Crippen LogP contribution is 2.20. The summed E-state index contributed by atoms with van der Waals surface area (Å²) < 4.78 is 38.2. The molecule has 0 saturated heterocycles. The molecule has 9 nitrogen and oxygen atoms in total. The monoisotopic (exact) mass is 416 g/mol. The van der Waals surface area contributed by atoms with Crippen molar-refractivity contribution in [2.45, 2.75) is 64.5 Å². The van der Waals surface area contributed by atoms with Crippen molar-refractivity contribution in [3.63, 3.8) is 0 Å². The van der Waals surface area contributed by atoms with Crippen molar-refractivity contribution in [3.05, 3.63) is 39.9 Å². The van der Waals surface area contributed by atoms with Gasteiger partial charge in [0.05, 0.1) is 22.9 Å². The van der Waals surface area contributed by atoms with E-state index in [1.54, 1.807) is 41.5 Å². The Morgan fingerprint density at radius 1 is 1.14 bits per heavy atom. The Morgan fingerprint density at radius 2 is 1.71 bits per heavy atom. The van der Waals surface area contributed by atoms with Gasteiger partial charge in [-0.05, 0) is 41.5 Å². The smallest absolute Gasteiger partial charge is 0.327 e. The average Bonchev–Trinajstić information content (AvgIpc) is 2.48. The topological polar surface area (TPSA) is 125 Å². The van der Waals surface area contributed by atoms with Crippen LogP contribution in [-0.4, -0.2) is 43.2 Å². The average molecular weight is 416 g/mol. The van der Waals surface area contributed by atoms with E-state index in [2.05, 4.69) is 4.72 Å². The lowest BCUT2D eigenvalue weighted by atomic mass is 10.2. The molecule has 28 heavy (non-hydrogen) atoms. The molecule has 0 radical (unpaired) electrons. The number of sulfonamides is 1. The van der Waals surface area contributed by atoms with Crippen LogP contribution in [0.5, 0.6) is 0 Å². The molecule has 0 amide bonds. The summed E-state index contributed by atoms with van der Waals surface area (Å²) >= 11 is 0. The molecule has 0 aliphatic rings. The zero-order valence-corrected chi connectivity index (χ0v) is 17.8. The number of hydrogen-bond donors (Lipinski definition) is 1. The molecule has 1 rings (SSSR count). The largest absolute Gasteiger partial charge is 0.459 e. The molecule has 1 aromatic carbocycles. The standard InChI is InChI=1S/C18H28N2O7S/c1-17(2,3)26-11-14(16(21)27-18(4,5)6)19-28(24,25)12-13-9-7-8-10-15(13)20(22)23/h7-10,14,19H,11-12H2,1-6H3/t14-/m0/s1. The first kappa shape index (κ1) is 24.0. The number of hydrogen-bond acceptors (Lipinski definition) is 7. The molecule has 0 aromatic heterocycles. The molecule has 0 aliphatic carbocycles. The van der Waals surface area contributed by atoms with Gasteiger partial charge in [-0.1, -0.05) is 18.2 Å². The van der Waals surface area contributed by atoms with Crippen LogP contribution < -0.4 is 4.72 Å². The van der Waals surface area contributed by atoms with Gasteiger partial charge in [-0.2, -0.15) is 4.72 Å². The van der Waals surface area contributed by atoms with Gasteiger partial charge in [0.1, 0.15) is 11.6 Å². The number of para-hydroxylation sites is 1. The molecule has 0 fully saturated rings. The van der Waals surface area contributed by atoms with Gasteiger partial charge < -0.3 is 9.47 Å². The fourth-order valence-electron chi connectivity index (χ4n) is 2.13. The van der Waals surface area contributed by atoms with E-state index < -0.39 is 43.9 Å². The van der Waals surface area contributed by atoms with Gasteiger partial charge in [-0.25, -0.2) is 8.42 Å². The first-order valence-corrected chi connectivity index (χ1v) is 10.3. The molecule has 0 aliphatic heterocycles. The second-order valence-electron chi connectivity index (χ2n) is 8.27. The molecular weight excluding hydrogens is 388 g/mol. The van der Waals surface area contributed by atoms with Crippen LogP contribution in [0.25, 0.3) is 0 Å². The molecule has 0 heterocycles. The highest BCUT2D eigenvalue weighted by Gasteiger charge is 2.31. The van der Waals surface area contributed by atoms with Crippen LogP contribution in [0, 0.1) is 10.1 Å². The van der Waals surface area contributed by atoms with E-state index in [4.69, 9.17) is 9.47 Å². The van der Waals surface area contributed by atoms with E-state index in [-0.39, 0.29) is 17.9 Å². The van der Waals surface area contributed by atoms with Crippen molar-refractivity contribution in [2.24, 2.45) is 0 Å². The first-order valence-electron chi connectivity index (χ1n) is 8.69. The number of nitrogens with one attached hydrogen (secondary N) is 1. The minimum atomic E-state index is -4.09. The maximum absolute atomic E-state index is 12.6. The molecule has 0 spiro atoms. The minimum absolute atomic E-state index is 0.0136. The number of nitrogens with zero attached hydrogens (tertiary/aromatic N) is 1. The van der Waals surface area contributed by atoms with Crippen LogP contribution in [0.1, 0.15) is 47.1 Å². The summed E-state index contributed by atoms with van der Waals surface area (Å²) in [5.74, 6) is -1.44. The van der Waals surface area contributed by atoms with Crippen LogP contribution in [-0.2, 0) is 30.0 Å². The van der Waals surface area contributed by atoms with E-state index in [1.165, 1.54) is 24.3 Å². The summed E-state index contributed by atoms with van der Waals surface area (Å²) in [6.45, 7) is 10.0. The molecule has 0 bridgehead atoms. The number of ether oxygens (including phenoxy) is 2. The number of nitro benzene ring substituents is 1. The van der Waals surface area contributed by atoms with Crippen LogP contribution in [0.4, 0.5) is 5.69 Å². The number of rotatable bonds is 8. The Morgan fingerprint density at radius 3 is 2.21 bits per heavy atom. The predicted octanol–water partition coefficient (Wildman–Crippen LogP) is 2.54. The molecule has 158 valence electrons. The molecule has 1 N–H and O–H groups in total. The predicted molar refractivity (Wildman–Crippen MR) is 104 cm³/mol. The Hall–Kier alpha value is -2.04. The number of esters is 1. The van der Waals surface area contributed by atoms with Gasteiger partial charge in [-0.15, -0.1) is 0 Å². The van der Waals surface area contributed by atoms with Crippen molar-refractivity contribution < 1.29 is 27.6 Å². The van der Waals surface area contributed by atoms with Crippen LogP contribution in [0.15, 0.2) is 24.3 Å². The second-order valence-corrected chi connectivity index (χ2v) is 10.0. The summed E-state index contributed by atoms with van der Waals surface area (Å²) in [5.41, 5.74) is -1.72. The lowest BCUT2D eigenvalue weighted by molar-refractivity contribution is -0.385. The maximum Gasteiger partial charge on any atom is 0.327 e. The van der Waals surface area contributed by atoms with E-state index in [9.17, 15) is 23.3 Å². The number of benzene rings is 1. The Kier molecular flexibility index (Phi) is 7.69. The fourth-order valence-corrected chi connectivity index (χ4v) is 3.47. The van der Waals surface area contributed by atoms with Crippen molar-refractivity contribution in [3.8, 4) is 0 Å². The van der Waals surface area contributed by atoms with Crippen molar-refractivity contribution in [2.75, 3.05) is 6.61 Å². The lowest BCUT2D eigenvalue weighted by Crippen LogP contribution is -2.48. The summed E-state index contributed by atoms with van der Waals surface area (Å²) in [5, 5.41) is 11.1. The minimum Gasteiger partial charge on any atom is -0.459 e. The second kappa shape index (κ2) is 8.97. The molecule has 10 heteroatoms. The zero-order chi connectivity index (χ0) is 21.8. The highest BCUT2D eigenvalue weighted by molar-refractivity contribution is 7.88. The summed E-state index contributed by atoms with van der Waals surface area (Å²) in [6.07, 6.45) is 0. The van der Waals surface area contributed by atoms with Crippen LogP contribution in [0.2, 0.25) is 0 Å². The number of carbonyl (C=O) groups excluding carboxylic acids is 1. The van der Waals surface area contributed by atoms with Gasteiger partial charge in [0.2, 0.25) is 10.0 Å². The Balaban J connectivity index is 3.05. The molecular formula is C18H28N2O7S. The van der Waals surface area contributed by atoms with E-state index in [1.807, 2.05) is 0 Å². The van der Waals surface area contributed by atoms with E-state index >= 15 is 0 Å². The normalized spacial score (nSPS) is 13.8. The molecule has 1 aromatic rings. The maximum atomic E-state index is 12.6. The lowest BCUT2D eigenvalue weighted by Gasteiger charge is -2.27. The Labute approximate surface area is 165 Å². The molecule has 1 atom stereocenters. The molecule has 0 unspecified atom stereocenters. The van der Waals surface area contributed by atoms with Crippen molar-refractivity contribution in [1.29, 1.82) is 0 Å². The highest BCUT2D eigenvalue weighted by atomic mass is 32.2. The van der Waals surface area contributed by atoms with Gasteiger partial charge in [0.25, 0.3) is 5.69 Å². The zero-order valence-electron chi connectivity index (χ0n) is 17.0. The SMILES string of the molecule is CC(C)(C)OC[C@H](NS(=O)(=O)Cc1ccccc1[N+](=O)[O-])C(=O)OC(C)(C)C. The van der Waals surface area contributed by atoms with Crippen molar-refractivity contribution in [1.82, 2.24) is 4.72 Å². The fraction of sp³-hybridized carbons (Fsp3) is 0.611. The summed E-state index contributed by atoms with van der Waals surface area (Å²) in [6, 6.07) is 4.24. The van der Waals surface area contributed by atoms with Crippen LogP contribution >= 0.6 is 0 Å². The van der Waals surface area contributed by atoms with E-state index in [0.717, 1.165) is 0 Å². The van der Waals surface area contributed by atoms with E-state index in [0.29, 0.717) is 0 Å². The van der Waals surface area contributed by atoms with Crippen LogP contribution in [0.3, 0.4) is 0 Å². The van der Waals surface area contributed by atoms with Gasteiger partial charge in [0.15, 0.2) is 0 Å². The third-order valence-corrected chi connectivity index (χ3v) is 4.56. The first-order chi connectivity index (χ1) is 12.6. The summed E-state index contributed by atoms with van der Waals surface area (Å²) in [7, 11) is -4.09. The quantitative estimate of drug-likeness (QED) is 0.392. The third-order valence-electron chi connectivity index (χ3n) is 3.23. The number of nitro groups is 1. The Bertz CT molecular complexity index is 808.